The zero-order valence-electron chi connectivity index (χ0n) is 10.2. The van der Waals surface area contributed by atoms with E-state index >= 15 is 0 Å². The first-order valence-electron chi connectivity index (χ1n) is 6.01. The number of rotatable bonds is 3. The van der Waals surface area contributed by atoms with Gasteiger partial charge >= 0.3 is 5.97 Å². The number of hydrogen-bond acceptors (Lipinski definition) is 4. The molecule has 6 heteroatoms. The number of nitrogens with zero attached hydrogens (tertiary/aromatic N) is 2. The molecule has 0 saturated heterocycles. The van der Waals surface area contributed by atoms with Gasteiger partial charge in [0.05, 0.1) is 12.4 Å². The zero-order chi connectivity index (χ0) is 13.2. The van der Waals surface area contributed by atoms with E-state index in [9.17, 15) is 9.90 Å². The van der Waals surface area contributed by atoms with Crippen LogP contribution in [0.5, 0.6) is 0 Å². The summed E-state index contributed by atoms with van der Waals surface area (Å²) in [6.45, 7) is 2.07. The SMILES string of the molecule is CC1CCCC(Nc2cncc(Cl)n2)(C(=O)O)C1. The molecule has 0 aromatic carbocycles. The van der Waals surface area contributed by atoms with Gasteiger partial charge in [-0.15, -0.1) is 0 Å². The van der Waals surface area contributed by atoms with Gasteiger partial charge in [0.25, 0.3) is 0 Å². The molecule has 1 aromatic heterocycles. The van der Waals surface area contributed by atoms with Crippen molar-refractivity contribution in [3.05, 3.63) is 17.5 Å². The van der Waals surface area contributed by atoms with E-state index in [0.29, 0.717) is 24.6 Å². The van der Waals surface area contributed by atoms with Crippen LogP contribution in [0.2, 0.25) is 5.15 Å². The summed E-state index contributed by atoms with van der Waals surface area (Å²) >= 11 is 5.76. The summed E-state index contributed by atoms with van der Waals surface area (Å²) in [5.41, 5.74) is -0.947. The molecule has 5 nitrogen and oxygen atoms in total. The maximum atomic E-state index is 11.6. The van der Waals surface area contributed by atoms with Crippen LogP contribution in [-0.2, 0) is 4.79 Å². The highest BCUT2D eigenvalue weighted by Gasteiger charge is 2.42. The molecule has 98 valence electrons. The highest BCUT2D eigenvalue weighted by molar-refractivity contribution is 6.29. The zero-order valence-corrected chi connectivity index (χ0v) is 10.9. The van der Waals surface area contributed by atoms with E-state index in [2.05, 4.69) is 22.2 Å². The Morgan fingerprint density at radius 3 is 3.00 bits per heavy atom. The second-order valence-electron chi connectivity index (χ2n) is 4.94. The second kappa shape index (κ2) is 5.10. The first-order valence-corrected chi connectivity index (χ1v) is 6.39. The number of halogens is 1. The van der Waals surface area contributed by atoms with Crippen molar-refractivity contribution >= 4 is 23.4 Å². The Morgan fingerprint density at radius 1 is 1.61 bits per heavy atom. The van der Waals surface area contributed by atoms with E-state index in [1.165, 1.54) is 12.4 Å². The lowest BCUT2D eigenvalue weighted by atomic mass is 9.76. The highest BCUT2D eigenvalue weighted by Crippen LogP contribution is 2.35. The minimum absolute atomic E-state index is 0.254. The minimum atomic E-state index is -0.947. The fourth-order valence-corrected chi connectivity index (χ4v) is 2.71. The van der Waals surface area contributed by atoms with Gasteiger partial charge in [-0.3, -0.25) is 4.98 Å². The molecule has 1 aromatic rings. The fraction of sp³-hybridized carbons (Fsp3) is 0.583. The van der Waals surface area contributed by atoms with E-state index in [1.807, 2.05) is 0 Å². The Labute approximate surface area is 111 Å². The molecule has 1 heterocycles. The van der Waals surface area contributed by atoms with Crippen LogP contribution in [0.1, 0.15) is 32.6 Å². The number of carboxylic acid groups (broad SMARTS) is 1. The molecule has 0 bridgehead atoms. The normalized spacial score (nSPS) is 27.8. The van der Waals surface area contributed by atoms with E-state index in [-0.39, 0.29) is 5.15 Å². The van der Waals surface area contributed by atoms with E-state index < -0.39 is 11.5 Å². The van der Waals surface area contributed by atoms with Crippen molar-refractivity contribution in [2.45, 2.75) is 38.1 Å². The van der Waals surface area contributed by atoms with Crippen molar-refractivity contribution in [1.29, 1.82) is 0 Å². The highest BCUT2D eigenvalue weighted by atomic mass is 35.5. The van der Waals surface area contributed by atoms with E-state index in [0.717, 1.165) is 12.8 Å². The van der Waals surface area contributed by atoms with Crippen molar-refractivity contribution in [2.75, 3.05) is 5.32 Å². The third kappa shape index (κ3) is 2.72. The quantitative estimate of drug-likeness (QED) is 0.882. The van der Waals surface area contributed by atoms with E-state index in [4.69, 9.17) is 11.6 Å². The monoisotopic (exact) mass is 269 g/mol. The average molecular weight is 270 g/mol. The van der Waals surface area contributed by atoms with Crippen molar-refractivity contribution in [3.63, 3.8) is 0 Å². The Kier molecular flexibility index (Phi) is 3.71. The Hall–Kier alpha value is -1.36. The molecule has 1 saturated carbocycles. The first-order chi connectivity index (χ1) is 8.52. The lowest BCUT2D eigenvalue weighted by Gasteiger charge is -2.37. The lowest BCUT2D eigenvalue weighted by molar-refractivity contribution is -0.144. The number of carbonyl (C=O) groups is 1. The predicted octanol–water partition coefficient (Wildman–Crippen LogP) is 2.58. The van der Waals surface area contributed by atoms with Gasteiger partial charge in [-0.1, -0.05) is 31.4 Å². The summed E-state index contributed by atoms with van der Waals surface area (Å²) in [6, 6.07) is 0. The van der Waals surface area contributed by atoms with Crippen LogP contribution in [-0.4, -0.2) is 26.6 Å². The van der Waals surface area contributed by atoms with Gasteiger partial charge in [0, 0.05) is 0 Å². The number of aromatic nitrogens is 2. The van der Waals surface area contributed by atoms with Gasteiger partial charge < -0.3 is 10.4 Å². The molecule has 2 atom stereocenters. The van der Waals surface area contributed by atoms with Gasteiger partial charge in [-0.2, -0.15) is 0 Å². The maximum Gasteiger partial charge on any atom is 0.329 e. The Morgan fingerprint density at radius 2 is 2.39 bits per heavy atom. The summed E-state index contributed by atoms with van der Waals surface area (Å²) < 4.78 is 0. The molecule has 18 heavy (non-hydrogen) atoms. The van der Waals surface area contributed by atoms with Crippen molar-refractivity contribution < 1.29 is 9.90 Å². The van der Waals surface area contributed by atoms with Crippen LogP contribution in [0.25, 0.3) is 0 Å². The topological polar surface area (TPSA) is 75.1 Å². The van der Waals surface area contributed by atoms with Crippen LogP contribution in [0.15, 0.2) is 12.4 Å². The molecule has 2 rings (SSSR count). The molecular formula is C12H16ClN3O2. The molecule has 2 N–H and O–H groups in total. The minimum Gasteiger partial charge on any atom is -0.480 e. The number of aliphatic carboxylic acids is 1. The first kappa shape index (κ1) is 13.1. The van der Waals surface area contributed by atoms with E-state index in [1.54, 1.807) is 0 Å². The lowest BCUT2D eigenvalue weighted by Crippen LogP contribution is -2.49. The molecule has 0 radical (unpaired) electrons. The average Bonchev–Trinajstić information content (AvgIpc) is 2.28. The molecule has 0 spiro atoms. The molecule has 0 aliphatic heterocycles. The number of nitrogens with one attached hydrogen (secondary N) is 1. The molecule has 0 amide bonds. The molecular weight excluding hydrogens is 254 g/mol. The summed E-state index contributed by atoms with van der Waals surface area (Å²) in [7, 11) is 0. The van der Waals surface area contributed by atoms with Crippen LogP contribution >= 0.6 is 11.6 Å². The maximum absolute atomic E-state index is 11.6. The largest absolute Gasteiger partial charge is 0.480 e. The molecule has 1 aliphatic rings. The van der Waals surface area contributed by atoms with Crippen molar-refractivity contribution in [1.82, 2.24) is 9.97 Å². The summed E-state index contributed by atoms with van der Waals surface area (Å²) in [5.74, 6) is -0.0377. The third-order valence-corrected chi connectivity index (χ3v) is 3.56. The van der Waals surface area contributed by atoms with Crippen LogP contribution in [0.4, 0.5) is 5.82 Å². The van der Waals surface area contributed by atoms with Gasteiger partial charge in [0.15, 0.2) is 0 Å². The number of anilines is 1. The van der Waals surface area contributed by atoms with Gasteiger partial charge in [-0.25, -0.2) is 9.78 Å². The molecule has 1 fully saturated rings. The molecule has 1 aliphatic carbocycles. The predicted molar refractivity (Wildman–Crippen MR) is 68.7 cm³/mol. The molecule has 2 unspecified atom stereocenters. The standard InChI is InChI=1S/C12H16ClN3O2/c1-8-3-2-4-12(5-8,11(17)18)16-10-7-14-6-9(13)15-10/h6-8H,2-5H2,1H3,(H,15,16)(H,17,18). The van der Waals surface area contributed by atoms with Gasteiger partial charge in [-0.05, 0) is 18.8 Å². The summed E-state index contributed by atoms with van der Waals surface area (Å²) in [5, 5.41) is 12.8. The second-order valence-corrected chi connectivity index (χ2v) is 5.33. The van der Waals surface area contributed by atoms with Crippen molar-refractivity contribution in [2.24, 2.45) is 5.92 Å². The number of hydrogen-bond donors (Lipinski definition) is 2. The smallest absolute Gasteiger partial charge is 0.329 e. The van der Waals surface area contributed by atoms with Gasteiger partial charge in [0.2, 0.25) is 0 Å². The number of carboxylic acids is 1. The van der Waals surface area contributed by atoms with Crippen LogP contribution in [0.3, 0.4) is 0 Å². The Balaban J connectivity index is 2.23. The third-order valence-electron chi connectivity index (χ3n) is 3.38. The summed E-state index contributed by atoms with van der Waals surface area (Å²) in [4.78, 5) is 19.5. The Bertz CT molecular complexity index is 455. The van der Waals surface area contributed by atoms with Crippen LogP contribution in [0, 0.1) is 5.92 Å². The van der Waals surface area contributed by atoms with Gasteiger partial charge in [0.1, 0.15) is 16.5 Å². The fourth-order valence-electron chi connectivity index (χ4n) is 2.56. The van der Waals surface area contributed by atoms with Crippen molar-refractivity contribution in [3.8, 4) is 0 Å². The van der Waals surface area contributed by atoms with Crippen LogP contribution < -0.4 is 5.32 Å². The summed E-state index contributed by atoms with van der Waals surface area (Å²) in [6.07, 6.45) is 6.07.